The molecule has 0 fully saturated rings. The van der Waals surface area contributed by atoms with Crippen LogP contribution in [0.3, 0.4) is 0 Å². The molecular formula is C16H16ClNO. The molecule has 19 heavy (non-hydrogen) atoms. The second-order valence-electron chi connectivity index (χ2n) is 4.76. The predicted molar refractivity (Wildman–Crippen MR) is 79.2 cm³/mol. The van der Waals surface area contributed by atoms with E-state index in [1.165, 1.54) is 5.56 Å². The first-order valence-corrected chi connectivity index (χ1v) is 7.01. The minimum absolute atomic E-state index is 0.420. The Bertz CT molecular complexity index is 553. The van der Waals surface area contributed by atoms with Crippen molar-refractivity contribution in [1.29, 1.82) is 0 Å². The van der Waals surface area contributed by atoms with Gasteiger partial charge in [-0.1, -0.05) is 30.3 Å². The fraction of sp³-hybridized carbons (Fsp3) is 0.250. The highest BCUT2D eigenvalue weighted by Gasteiger charge is 2.22. The van der Waals surface area contributed by atoms with Gasteiger partial charge in [0.05, 0.1) is 6.61 Å². The minimum atomic E-state index is 0.420. The standard InChI is InChI=1S/C16H16ClNO/c17-9-12-5-7-14(8-6-12)18-10-13-11-19-16-4-2-1-3-15(13)16/h1-8,13,18H,9-11H2. The van der Waals surface area contributed by atoms with Gasteiger partial charge in [0.15, 0.2) is 0 Å². The van der Waals surface area contributed by atoms with Gasteiger partial charge in [0.1, 0.15) is 5.75 Å². The molecule has 0 bridgehead atoms. The molecule has 0 spiro atoms. The number of ether oxygens (including phenoxy) is 1. The summed E-state index contributed by atoms with van der Waals surface area (Å²) in [5, 5.41) is 3.46. The second kappa shape index (κ2) is 5.54. The van der Waals surface area contributed by atoms with Crippen molar-refractivity contribution in [2.24, 2.45) is 0 Å². The summed E-state index contributed by atoms with van der Waals surface area (Å²) >= 11 is 5.78. The molecule has 3 rings (SSSR count). The van der Waals surface area contributed by atoms with Gasteiger partial charge in [-0.05, 0) is 23.8 Å². The Morgan fingerprint density at radius 3 is 2.68 bits per heavy atom. The number of nitrogens with one attached hydrogen (secondary N) is 1. The van der Waals surface area contributed by atoms with Crippen LogP contribution in [0, 0.1) is 0 Å². The number of rotatable bonds is 4. The average Bonchev–Trinajstić information content (AvgIpc) is 2.89. The molecule has 0 saturated heterocycles. The van der Waals surface area contributed by atoms with Crippen molar-refractivity contribution < 1.29 is 4.74 Å². The van der Waals surface area contributed by atoms with Gasteiger partial charge in [-0.15, -0.1) is 11.6 Å². The lowest BCUT2D eigenvalue weighted by Gasteiger charge is -2.12. The van der Waals surface area contributed by atoms with Crippen LogP contribution in [0.4, 0.5) is 5.69 Å². The van der Waals surface area contributed by atoms with Gasteiger partial charge in [0.2, 0.25) is 0 Å². The summed E-state index contributed by atoms with van der Waals surface area (Å²) in [6, 6.07) is 16.5. The van der Waals surface area contributed by atoms with Crippen molar-refractivity contribution in [2.45, 2.75) is 11.8 Å². The number of benzene rings is 2. The lowest BCUT2D eigenvalue weighted by molar-refractivity contribution is 0.334. The van der Waals surface area contributed by atoms with Crippen LogP contribution >= 0.6 is 11.6 Å². The Labute approximate surface area is 118 Å². The van der Waals surface area contributed by atoms with Gasteiger partial charge in [-0.2, -0.15) is 0 Å². The Morgan fingerprint density at radius 2 is 1.89 bits per heavy atom. The monoisotopic (exact) mass is 273 g/mol. The van der Waals surface area contributed by atoms with Crippen LogP contribution in [0.5, 0.6) is 5.75 Å². The summed E-state index contributed by atoms with van der Waals surface area (Å²) in [6.07, 6.45) is 0. The summed E-state index contributed by atoms with van der Waals surface area (Å²) in [6.45, 7) is 1.64. The molecule has 1 heterocycles. The van der Waals surface area contributed by atoms with Gasteiger partial charge in [0.25, 0.3) is 0 Å². The predicted octanol–water partition coefficient (Wildman–Crippen LogP) is 4.01. The molecule has 0 aliphatic carbocycles. The lowest BCUT2D eigenvalue weighted by Crippen LogP contribution is -2.13. The highest BCUT2D eigenvalue weighted by molar-refractivity contribution is 6.17. The minimum Gasteiger partial charge on any atom is -0.493 e. The van der Waals surface area contributed by atoms with E-state index in [4.69, 9.17) is 16.3 Å². The molecular weight excluding hydrogens is 258 g/mol. The van der Waals surface area contributed by atoms with Gasteiger partial charge in [0, 0.05) is 29.6 Å². The molecule has 0 aromatic heterocycles. The van der Waals surface area contributed by atoms with Crippen LogP contribution < -0.4 is 10.1 Å². The zero-order chi connectivity index (χ0) is 13.1. The fourth-order valence-corrected chi connectivity index (χ4v) is 2.53. The van der Waals surface area contributed by atoms with Crippen molar-refractivity contribution in [3.05, 3.63) is 59.7 Å². The Balaban J connectivity index is 1.64. The molecule has 2 nitrogen and oxygen atoms in total. The number of hydrogen-bond acceptors (Lipinski definition) is 2. The summed E-state index contributed by atoms with van der Waals surface area (Å²) in [5.41, 5.74) is 3.56. The third-order valence-corrected chi connectivity index (χ3v) is 3.77. The first-order chi connectivity index (χ1) is 9.36. The smallest absolute Gasteiger partial charge is 0.122 e. The molecule has 2 aromatic rings. The third kappa shape index (κ3) is 2.69. The molecule has 1 atom stereocenters. The first kappa shape index (κ1) is 12.4. The fourth-order valence-electron chi connectivity index (χ4n) is 2.35. The highest BCUT2D eigenvalue weighted by Crippen LogP contribution is 2.33. The molecule has 98 valence electrons. The number of anilines is 1. The van der Waals surface area contributed by atoms with E-state index >= 15 is 0 Å². The summed E-state index contributed by atoms with van der Waals surface area (Å²) in [5.74, 6) is 2.00. The van der Waals surface area contributed by atoms with Crippen molar-refractivity contribution in [2.75, 3.05) is 18.5 Å². The maximum Gasteiger partial charge on any atom is 0.122 e. The Kier molecular flexibility index (Phi) is 3.60. The van der Waals surface area contributed by atoms with Gasteiger partial charge < -0.3 is 10.1 Å². The maximum atomic E-state index is 5.78. The number of fused-ring (bicyclic) bond motifs is 1. The van der Waals surface area contributed by atoms with Crippen molar-refractivity contribution in [3.63, 3.8) is 0 Å². The van der Waals surface area contributed by atoms with Crippen molar-refractivity contribution >= 4 is 17.3 Å². The third-order valence-electron chi connectivity index (χ3n) is 3.46. The van der Waals surface area contributed by atoms with Gasteiger partial charge in [-0.25, -0.2) is 0 Å². The summed E-state index contributed by atoms with van der Waals surface area (Å²) in [7, 11) is 0. The first-order valence-electron chi connectivity index (χ1n) is 6.47. The number of hydrogen-bond donors (Lipinski definition) is 1. The molecule has 3 heteroatoms. The highest BCUT2D eigenvalue weighted by atomic mass is 35.5. The normalized spacial score (nSPS) is 16.8. The zero-order valence-corrected chi connectivity index (χ0v) is 11.4. The van der Waals surface area contributed by atoms with E-state index in [2.05, 4.69) is 41.7 Å². The lowest BCUT2D eigenvalue weighted by atomic mass is 10.0. The molecule has 1 unspecified atom stereocenters. The largest absolute Gasteiger partial charge is 0.493 e. The number of halogens is 1. The quantitative estimate of drug-likeness (QED) is 0.850. The molecule has 0 saturated carbocycles. The average molecular weight is 274 g/mol. The molecule has 1 N–H and O–H groups in total. The number of para-hydroxylation sites is 1. The van der Waals surface area contributed by atoms with E-state index < -0.39 is 0 Å². The van der Waals surface area contributed by atoms with Crippen LogP contribution in [-0.2, 0) is 5.88 Å². The van der Waals surface area contributed by atoms with E-state index in [9.17, 15) is 0 Å². The summed E-state index contributed by atoms with van der Waals surface area (Å²) < 4.78 is 5.68. The topological polar surface area (TPSA) is 21.3 Å². The molecule has 1 aliphatic heterocycles. The van der Waals surface area contributed by atoms with E-state index in [0.29, 0.717) is 11.8 Å². The van der Waals surface area contributed by atoms with Crippen LogP contribution in [0.1, 0.15) is 17.0 Å². The van der Waals surface area contributed by atoms with Gasteiger partial charge in [-0.3, -0.25) is 0 Å². The van der Waals surface area contributed by atoms with E-state index in [-0.39, 0.29) is 0 Å². The molecule has 1 aliphatic rings. The number of alkyl halides is 1. The maximum absolute atomic E-state index is 5.78. The van der Waals surface area contributed by atoms with E-state index in [1.54, 1.807) is 0 Å². The van der Waals surface area contributed by atoms with Crippen LogP contribution in [0.25, 0.3) is 0 Å². The van der Waals surface area contributed by atoms with E-state index in [0.717, 1.165) is 30.2 Å². The Morgan fingerprint density at radius 1 is 1.11 bits per heavy atom. The van der Waals surface area contributed by atoms with Crippen LogP contribution in [0.15, 0.2) is 48.5 Å². The SMILES string of the molecule is ClCc1ccc(NCC2COc3ccccc32)cc1. The molecule has 2 aromatic carbocycles. The molecule has 0 amide bonds. The second-order valence-corrected chi connectivity index (χ2v) is 5.02. The summed E-state index contributed by atoms with van der Waals surface area (Å²) in [4.78, 5) is 0. The zero-order valence-electron chi connectivity index (χ0n) is 10.6. The van der Waals surface area contributed by atoms with Gasteiger partial charge >= 0.3 is 0 Å². The molecule has 0 radical (unpaired) electrons. The van der Waals surface area contributed by atoms with E-state index in [1.807, 2.05) is 12.1 Å². The van der Waals surface area contributed by atoms with Crippen LogP contribution in [-0.4, -0.2) is 13.2 Å². The van der Waals surface area contributed by atoms with Crippen LogP contribution in [0.2, 0.25) is 0 Å². The van der Waals surface area contributed by atoms with Crippen molar-refractivity contribution in [1.82, 2.24) is 0 Å². The van der Waals surface area contributed by atoms with Crippen molar-refractivity contribution in [3.8, 4) is 5.75 Å². The Hall–Kier alpha value is -1.67.